The number of benzene rings is 1. The molecule has 0 aliphatic rings. The lowest BCUT2D eigenvalue weighted by Crippen LogP contribution is -2.19. The molecule has 0 aliphatic carbocycles. The molecule has 2 aromatic rings. The second kappa shape index (κ2) is 6.66. The quantitative estimate of drug-likeness (QED) is 0.874. The molecule has 1 N–H and O–H groups in total. The Hall–Kier alpha value is -1.68. The van der Waals surface area contributed by atoms with Crippen LogP contribution in [0.25, 0.3) is 11.4 Å². The Morgan fingerprint density at radius 1 is 1.15 bits per heavy atom. The molecule has 0 fully saturated rings. The Morgan fingerprint density at radius 2 is 1.85 bits per heavy atom. The van der Waals surface area contributed by atoms with Gasteiger partial charge in [-0.25, -0.2) is 0 Å². The zero-order valence-electron chi connectivity index (χ0n) is 12.7. The van der Waals surface area contributed by atoms with Crippen LogP contribution in [0.15, 0.2) is 28.8 Å². The topological polar surface area (TPSA) is 51.0 Å². The van der Waals surface area contributed by atoms with Gasteiger partial charge in [0.25, 0.3) is 0 Å². The lowest BCUT2D eigenvalue weighted by molar-refractivity contribution is 0.355. The standard InChI is InChI=1S/C16H23N3O/c1-5-17-10-12(4)16-18-15(19-20-16)14-8-6-13(7-9-14)11(2)3/h6-9,11-12,17H,5,10H2,1-4H3. The highest BCUT2D eigenvalue weighted by Gasteiger charge is 2.14. The minimum Gasteiger partial charge on any atom is -0.339 e. The zero-order chi connectivity index (χ0) is 14.5. The van der Waals surface area contributed by atoms with Crippen molar-refractivity contribution in [2.24, 2.45) is 0 Å². The summed E-state index contributed by atoms with van der Waals surface area (Å²) in [5.41, 5.74) is 2.32. The van der Waals surface area contributed by atoms with Crippen molar-refractivity contribution in [3.8, 4) is 11.4 Å². The molecule has 1 unspecified atom stereocenters. The Kier molecular flexibility index (Phi) is 4.90. The molecule has 1 aromatic heterocycles. The van der Waals surface area contributed by atoms with E-state index in [9.17, 15) is 0 Å². The van der Waals surface area contributed by atoms with Crippen molar-refractivity contribution in [1.82, 2.24) is 15.5 Å². The predicted molar refractivity (Wildman–Crippen MR) is 80.8 cm³/mol. The number of hydrogen-bond acceptors (Lipinski definition) is 4. The first-order chi connectivity index (χ1) is 9.61. The van der Waals surface area contributed by atoms with Crippen molar-refractivity contribution < 1.29 is 4.52 Å². The molecule has 20 heavy (non-hydrogen) atoms. The molecule has 4 heteroatoms. The molecule has 0 saturated carbocycles. The second-order valence-electron chi connectivity index (χ2n) is 5.44. The van der Waals surface area contributed by atoms with E-state index >= 15 is 0 Å². The van der Waals surface area contributed by atoms with Gasteiger partial charge in [0.15, 0.2) is 0 Å². The van der Waals surface area contributed by atoms with Crippen LogP contribution in [0.4, 0.5) is 0 Å². The average molecular weight is 273 g/mol. The predicted octanol–water partition coefficient (Wildman–Crippen LogP) is 3.57. The van der Waals surface area contributed by atoms with E-state index in [1.54, 1.807) is 0 Å². The van der Waals surface area contributed by atoms with Crippen molar-refractivity contribution in [2.45, 2.75) is 39.5 Å². The Balaban J connectivity index is 2.11. The summed E-state index contributed by atoms with van der Waals surface area (Å²) >= 11 is 0. The fourth-order valence-corrected chi connectivity index (χ4v) is 2.02. The average Bonchev–Trinajstić information content (AvgIpc) is 2.94. The van der Waals surface area contributed by atoms with E-state index in [1.807, 2.05) is 0 Å². The molecule has 0 amide bonds. The van der Waals surface area contributed by atoms with Crippen LogP contribution in [0, 0.1) is 0 Å². The summed E-state index contributed by atoms with van der Waals surface area (Å²) in [6.07, 6.45) is 0. The molecular formula is C16H23N3O. The molecule has 0 spiro atoms. The summed E-state index contributed by atoms with van der Waals surface area (Å²) in [6, 6.07) is 8.36. The van der Waals surface area contributed by atoms with Crippen LogP contribution in [0.5, 0.6) is 0 Å². The van der Waals surface area contributed by atoms with Crippen molar-refractivity contribution in [1.29, 1.82) is 0 Å². The van der Waals surface area contributed by atoms with Crippen LogP contribution in [-0.4, -0.2) is 23.2 Å². The Bertz CT molecular complexity index is 531. The number of nitrogens with one attached hydrogen (secondary N) is 1. The largest absolute Gasteiger partial charge is 0.339 e. The van der Waals surface area contributed by atoms with Gasteiger partial charge in [-0.05, 0) is 18.0 Å². The third-order valence-electron chi connectivity index (χ3n) is 3.40. The smallest absolute Gasteiger partial charge is 0.231 e. The maximum Gasteiger partial charge on any atom is 0.231 e. The van der Waals surface area contributed by atoms with Gasteiger partial charge in [-0.15, -0.1) is 0 Å². The summed E-state index contributed by atoms with van der Waals surface area (Å²) in [5.74, 6) is 2.11. The van der Waals surface area contributed by atoms with E-state index in [4.69, 9.17) is 4.52 Å². The molecule has 1 atom stereocenters. The normalized spacial score (nSPS) is 12.8. The molecule has 1 heterocycles. The van der Waals surface area contributed by atoms with Crippen LogP contribution in [0.3, 0.4) is 0 Å². The highest BCUT2D eigenvalue weighted by atomic mass is 16.5. The minimum absolute atomic E-state index is 0.228. The van der Waals surface area contributed by atoms with Crippen molar-refractivity contribution >= 4 is 0 Å². The number of hydrogen-bond donors (Lipinski definition) is 1. The van der Waals surface area contributed by atoms with Gasteiger partial charge in [-0.1, -0.05) is 57.1 Å². The van der Waals surface area contributed by atoms with Gasteiger partial charge in [0.2, 0.25) is 11.7 Å². The van der Waals surface area contributed by atoms with Gasteiger partial charge in [0, 0.05) is 18.0 Å². The molecule has 108 valence electrons. The Morgan fingerprint density at radius 3 is 2.45 bits per heavy atom. The molecule has 0 saturated heterocycles. The second-order valence-corrected chi connectivity index (χ2v) is 5.44. The summed E-state index contributed by atoms with van der Waals surface area (Å²) in [7, 11) is 0. The maximum absolute atomic E-state index is 5.35. The molecule has 4 nitrogen and oxygen atoms in total. The maximum atomic E-state index is 5.35. The van der Waals surface area contributed by atoms with Gasteiger partial charge in [0.1, 0.15) is 0 Å². The summed E-state index contributed by atoms with van der Waals surface area (Å²) < 4.78 is 5.35. The van der Waals surface area contributed by atoms with Gasteiger partial charge in [-0.3, -0.25) is 0 Å². The van der Waals surface area contributed by atoms with Gasteiger partial charge < -0.3 is 9.84 Å². The molecule has 1 aromatic carbocycles. The lowest BCUT2D eigenvalue weighted by atomic mass is 10.0. The van der Waals surface area contributed by atoms with Crippen molar-refractivity contribution in [3.63, 3.8) is 0 Å². The molecule has 2 rings (SSSR count). The third-order valence-corrected chi connectivity index (χ3v) is 3.40. The van der Waals surface area contributed by atoms with Crippen LogP contribution >= 0.6 is 0 Å². The van der Waals surface area contributed by atoms with Crippen molar-refractivity contribution in [2.75, 3.05) is 13.1 Å². The van der Waals surface area contributed by atoms with Gasteiger partial charge in [0.05, 0.1) is 0 Å². The molecule has 0 bridgehead atoms. The summed E-state index contributed by atoms with van der Waals surface area (Å²) in [4.78, 5) is 4.49. The third kappa shape index (κ3) is 3.45. The highest BCUT2D eigenvalue weighted by Crippen LogP contribution is 2.22. The van der Waals surface area contributed by atoms with E-state index in [0.717, 1.165) is 18.7 Å². The first kappa shape index (κ1) is 14.7. The fraction of sp³-hybridized carbons (Fsp3) is 0.500. The molecule has 0 aliphatic heterocycles. The van der Waals surface area contributed by atoms with Gasteiger partial charge >= 0.3 is 0 Å². The number of nitrogens with zero attached hydrogens (tertiary/aromatic N) is 2. The zero-order valence-corrected chi connectivity index (χ0v) is 12.7. The van der Waals surface area contributed by atoms with E-state index in [2.05, 4.69) is 67.4 Å². The number of aromatic nitrogens is 2. The summed E-state index contributed by atoms with van der Waals surface area (Å²) in [6.45, 7) is 10.3. The van der Waals surface area contributed by atoms with Gasteiger partial charge in [-0.2, -0.15) is 4.98 Å². The SMILES string of the molecule is CCNCC(C)c1nc(-c2ccc(C(C)C)cc2)no1. The van der Waals surface area contributed by atoms with E-state index in [0.29, 0.717) is 17.6 Å². The lowest BCUT2D eigenvalue weighted by Gasteiger charge is -2.05. The first-order valence-corrected chi connectivity index (χ1v) is 7.26. The monoisotopic (exact) mass is 273 g/mol. The van der Waals surface area contributed by atoms with E-state index in [1.165, 1.54) is 5.56 Å². The van der Waals surface area contributed by atoms with Crippen LogP contribution in [0.2, 0.25) is 0 Å². The Labute approximate surface area is 120 Å². The van der Waals surface area contributed by atoms with Crippen LogP contribution in [-0.2, 0) is 0 Å². The van der Waals surface area contributed by atoms with Crippen LogP contribution < -0.4 is 5.32 Å². The van der Waals surface area contributed by atoms with E-state index in [-0.39, 0.29) is 5.92 Å². The van der Waals surface area contributed by atoms with E-state index < -0.39 is 0 Å². The fourth-order valence-electron chi connectivity index (χ4n) is 2.02. The highest BCUT2D eigenvalue weighted by molar-refractivity contribution is 5.54. The number of likely N-dealkylation sites (N-methyl/N-ethyl adjacent to an activating group) is 1. The first-order valence-electron chi connectivity index (χ1n) is 7.26. The molecular weight excluding hydrogens is 250 g/mol. The van der Waals surface area contributed by atoms with Crippen molar-refractivity contribution in [3.05, 3.63) is 35.7 Å². The molecule has 0 radical (unpaired) electrons. The summed E-state index contributed by atoms with van der Waals surface area (Å²) in [5, 5.41) is 7.36. The minimum atomic E-state index is 0.228. The van der Waals surface area contributed by atoms with Crippen LogP contribution in [0.1, 0.15) is 51.0 Å². The number of rotatable bonds is 6.